The van der Waals surface area contributed by atoms with Gasteiger partial charge in [-0.2, -0.15) is 0 Å². The number of likely N-dealkylation sites (N-methyl/N-ethyl adjacent to an activating group) is 1. The van der Waals surface area contributed by atoms with E-state index in [1.54, 1.807) is 0 Å². The Labute approximate surface area is 150 Å². The fourth-order valence-corrected chi connectivity index (χ4v) is 4.39. The maximum absolute atomic E-state index is 6.61. The first-order valence-electron chi connectivity index (χ1n) is 9.54. The standard InChI is InChI=1S/C22H28N2O/c1-3-15-9-12-20-19(13-15)22-18(11-10-17(25-22)14-23-2)21(24-20)16-7-5-4-6-8-16/h4-9,12-13,17-18,21-24H,3,10-11,14H2,1-2H3/t17-,18+,21+,22+/m1/s1. The number of hydrogen-bond acceptors (Lipinski definition) is 3. The molecule has 4 rings (SSSR count). The van der Waals surface area contributed by atoms with Gasteiger partial charge in [0, 0.05) is 23.7 Å². The molecule has 4 atom stereocenters. The van der Waals surface area contributed by atoms with Crippen molar-refractivity contribution in [3.8, 4) is 0 Å². The van der Waals surface area contributed by atoms with Crippen LogP contribution in [0.4, 0.5) is 5.69 Å². The van der Waals surface area contributed by atoms with Gasteiger partial charge >= 0.3 is 0 Å². The first kappa shape index (κ1) is 16.6. The van der Waals surface area contributed by atoms with E-state index in [1.807, 2.05) is 7.05 Å². The van der Waals surface area contributed by atoms with Crippen LogP contribution in [0.2, 0.25) is 0 Å². The average Bonchev–Trinajstić information content (AvgIpc) is 2.68. The van der Waals surface area contributed by atoms with Crippen molar-refractivity contribution in [3.05, 3.63) is 65.2 Å². The Balaban J connectivity index is 1.72. The molecule has 0 radical (unpaired) electrons. The maximum atomic E-state index is 6.61. The van der Waals surface area contributed by atoms with Crippen molar-refractivity contribution in [1.29, 1.82) is 0 Å². The van der Waals surface area contributed by atoms with Crippen LogP contribution in [0.1, 0.15) is 48.6 Å². The summed E-state index contributed by atoms with van der Waals surface area (Å²) in [6.45, 7) is 3.14. The van der Waals surface area contributed by atoms with E-state index in [0.717, 1.165) is 19.4 Å². The summed E-state index contributed by atoms with van der Waals surface area (Å²) in [5.41, 5.74) is 5.32. The van der Waals surface area contributed by atoms with Crippen molar-refractivity contribution >= 4 is 5.69 Å². The van der Waals surface area contributed by atoms with E-state index in [0.29, 0.717) is 18.1 Å². The molecule has 2 heterocycles. The summed E-state index contributed by atoms with van der Waals surface area (Å²) >= 11 is 0. The van der Waals surface area contributed by atoms with E-state index in [2.05, 4.69) is 66.1 Å². The Bertz CT molecular complexity index is 715. The zero-order valence-electron chi connectivity index (χ0n) is 15.2. The topological polar surface area (TPSA) is 33.3 Å². The minimum absolute atomic E-state index is 0.181. The number of fused-ring (bicyclic) bond motifs is 3. The van der Waals surface area contributed by atoms with Gasteiger partial charge in [0.15, 0.2) is 0 Å². The molecule has 2 aromatic carbocycles. The predicted octanol–water partition coefficient (Wildman–Crippen LogP) is 4.47. The van der Waals surface area contributed by atoms with Gasteiger partial charge in [-0.3, -0.25) is 0 Å². The Hall–Kier alpha value is -1.84. The van der Waals surface area contributed by atoms with Crippen LogP contribution < -0.4 is 10.6 Å². The van der Waals surface area contributed by atoms with Crippen molar-refractivity contribution in [2.45, 2.75) is 44.4 Å². The average molecular weight is 336 g/mol. The largest absolute Gasteiger partial charge is 0.378 e. The van der Waals surface area contributed by atoms with Gasteiger partial charge < -0.3 is 15.4 Å². The number of benzene rings is 2. The highest BCUT2D eigenvalue weighted by Gasteiger charge is 2.42. The zero-order chi connectivity index (χ0) is 17.2. The monoisotopic (exact) mass is 336 g/mol. The molecule has 2 aromatic rings. The molecular weight excluding hydrogens is 308 g/mol. The lowest BCUT2D eigenvalue weighted by Gasteiger charge is -2.46. The van der Waals surface area contributed by atoms with Gasteiger partial charge in [0.1, 0.15) is 0 Å². The molecule has 0 saturated carbocycles. The fourth-order valence-electron chi connectivity index (χ4n) is 4.39. The Morgan fingerprint density at radius 3 is 2.72 bits per heavy atom. The third-order valence-electron chi connectivity index (χ3n) is 5.71. The van der Waals surface area contributed by atoms with Crippen molar-refractivity contribution in [2.75, 3.05) is 18.9 Å². The highest BCUT2D eigenvalue weighted by Crippen LogP contribution is 2.50. The smallest absolute Gasteiger partial charge is 0.0900 e. The Morgan fingerprint density at radius 1 is 1.12 bits per heavy atom. The van der Waals surface area contributed by atoms with Crippen LogP contribution in [0.25, 0.3) is 0 Å². The number of nitrogens with one attached hydrogen (secondary N) is 2. The zero-order valence-corrected chi connectivity index (χ0v) is 15.2. The molecule has 0 amide bonds. The molecule has 3 nitrogen and oxygen atoms in total. The molecule has 132 valence electrons. The summed E-state index contributed by atoms with van der Waals surface area (Å²) in [6.07, 6.45) is 3.86. The Kier molecular flexibility index (Phi) is 4.78. The molecule has 2 N–H and O–H groups in total. The fraction of sp³-hybridized carbons (Fsp3) is 0.455. The molecule has 25 heavy (non-hydrogen) atoms. The number of hydrogen-bond donors (Lipinski definition) is 2. The van der Waals surface area contributed by atoms with Crippen molar-refractivity contribution in [1.82, 2.24) is 5.32 Å². The number of aryl methyl sites for hydroxylation is 1. The van der Waals surface area contributed by atoms with Crippen LogP contribution in [0.5, 0.6) is 0 Å². The SMILES string of the molecule is CCc1ccc2c(c1)[C@H]1O[C@@H](CNC)CC[C@H]1[C@H](c1ccccc1)N2. The molecule has 1 saturated heterocycles. The minimum atomic E-state index is 0.181. The molecule has 2 aliphatic heterocycles. The minimum Gasteiger partial charge on any atom is -0.378 e. The van der Waals surface area contributed by atoms with E-state index in [-0.39, 0.29) is 6.10 Å². The highest BCUT2D eigenvalue weighted by molar-refractivity contribution is 5.58. The summed E-state index contributed by atoms with van der Waals surface area (Å²) < 4.78 is 6.61. The second kappa shape index (κ2) is 7.19. The first-order valence-corrected chi connectivity index (χ1v) is 9.54. The molecule has 0 aliphatic carbocycles. The number of rotatable bonds is 4. The van der Waals surface area contributed by atoms with Gasteiger partial charge in [0.2, 0.25) is 0 Å². The lowest BCUT2D eigenvalue weighted by Crippen LogP contribution is -2.41. The van der Waals surface area contributed by atoms with E-state index in [1.165, 1.54) is 28.8 Å². The third kappa shape index (κ3) is 3.19. The summed E-state index contributed by atoms with van der Waals surface area (Å²) in [4.78, 5) is 0. The molecule has 3 heteroatoms. The summed E-state index contributed by atoms with van der Waals surface area (Å²) in [5.74, 6) is 0.482. The van der Waals surface area contributed by atoms with Crippen LogP contribution in [0.15, 0.2) is 48.5 Å². The van der Waals surface area contributed by atoms with Gasteiger partial charge in [0.05, 0.1) is 18.2 Å². The molecule has 2 aliphatic rings. The third-order valence-corrected chi connectivity index (χ3v) is 5.71. The lowest BCUT2D eigenvalue weighted by atomic mass is 9.76. The molecule has 0 spiro atoms. The van der Waals surface area contributed by atoms with E-state index < -0.39 is 0 Å². The predicted molar refractivity (Wildman–Crippen MR) is 103 cm³/mol. The van der Waals surface area contributed by atoms with Gasteiger partial charge in [-0.15, -0.1) is 0 Å². The summed E-state index contributed by atoms with van der Waals surface area (Å²) in [7, 11) is 2.01. The van der Waals surface area contributed by atoms with Crippen LogP contribution in [0.3, 0.4) is 0 Å². The highest BCUT2D eigenvalue weighted by atomic mass is 16.5. The van der Waals surface area contributed by atoms with Crippen molar-refractivity contribution in [3.63, 3.8) is 0 Å². The molecule has 0 unspecified atom stereocenters. The maximum Gasteiger partial charge on any atom is 0.0900 e. The van der Waals surface area contributed by atoms with Crippen molar-refractivity contribution in [2.24, 2.45) is 5.92 Å². The van der Waals surface area contributed by atoms with Gasteiger partial charge in [0.25, 0.3) is 0 Å². The van der Waals surface area contributed by atoms with Gasteiger partial charge in [-0.25, -0.2) is 0 Å². The van der Waals surface area contributed by atoms with E-state index >= 15 is 0 Å². The summed E-state index contributed by atoms with van der Waals surface area (Å²) in [6, 6.07) is 18.0. The van der Waals surface area contributed by atoms with Crippen LogP contribution in [-0.4, -0.2) is 19.7 Å². The quantitative estimate of drug-likeness (QED) is 0.864. The Morgan fingerprint density at radius 2 is 1.96 bits per heavy atom. The van der Waals surface area contributed by atoms with E-state index in [4.69, 9.17) is 4.74 Å². The lowest BCUT2D eigenvalue weighted by molar-refractivity contribution is -0.0910. The molecule has 0 aromatic heterocycles. The van der Waals surface area contributed by atoms with Crippen LogP contribution >= 0.6 is 0 Å². The normalized spacial score (nSPS) is 27.9. The first-order chi connectivity index (χ1) is 12.3. The second-order valence-electron chi connectivity index (χ2n) is 7.29. The van der Waals surface area contributed by atoms with E-state index in [9.17, 15) is 0 Å². The van der Waals surface area contributed by atoms with Crippen molar-refractivity contribution < 1.29 is 4.74 Å². The van der Waals surface area contributed by atoms with Crippen LogP contribution in [-0.2, 0) is 11.2 Å². The molecule has 1 fully saturated rings. The van der Waals surface area contributed by atoms with Gasteiger partial charge in [-0.05, 0) is 43.5 Å². The number of ether oxygens (including phenoxy) is 1. The van der Waals surface area contributed by atoms with Crippen LogP contribution in [0, 0.1) is 5.92 Å². The molecular formula is C22H28N2O. The molecule has 0 bridgehead atoms. The summed E-state index contributed by atoms with van der Waals surface area (Å²) in [5, 5.41) is 7.10. The number of anilines is 1. The van der Waals surface area contributed by atoms with Gasteiger partial charge in [-0.1, -0.05) is 49.4 Å². The second-order valence-corrected chi connectivity index (χ2v) is 7.29.